The third-order valence-corrected chi connectivity index (χ3v) is 6.95. The molecule has 6 nitrogen and oxygen atoms in total. The Balaban J connectivity index is 1.42. The fourth-order valence-electron chi connectivity index (χ4n) is 3.64. The van der Waals surface area contributed by atoms with Crippen molar-refractivity contribution >= 4 is 21.6 Å². The highest BCUT2D eigenvalue weighted by atomic mass is 32.2. The number of nitrogens with one attached hydrogen (secondary N) is 1. The zero-order chi connectivity index (χ0) is 21.7. The number of carbonyl (C=O) groups excluding carboxylic acids is 1. The van der Waals surface area contributed by atoms with Gasteiger partial charge in [-0.2, -0.15) is 0 Å². The first-order chi connectivity index (χ1) is 15.0. The maximum absolute atomic E-state index is 12.9. The molecule has 1 heterocycles. The smallest absolute Gasteiger partial charge is 0.265 e. The Kier molecular flexibility index (Phi) is 6.23. The van der Waals surface area contributed by atoms with Gasteiger partial charge in [0.1, 0.15) is 5.75 Å². The second-order valence-corrected chi connectivity index (χ2v) is 9.29. The maximum atomic E-state index is 12.9. The van der Waals surface area contributed by atoms with Gasteiger partial charge in [-0.1, -0.05) is 66.7 Å². The SMILES string of the molecule is O=C(NCCS(=O)(=O)N1CCc2ccccc21)C(Oc1ccccc1)c1ccccc1. The molecule has 0 fully saturated rings. The van der Waals surface area contributed by atoms with Crippen LogP contribution >= 0.6 is 0 Å². The van der Waals surface area contributed by atoms with Gasteiger partial charge in [0.05, 0.1) is 11.4 Å². The van der Waals surface area contributed by atoms with Crippen molar-refractivity contribution in [1.29, 1.82) is 0 Å². The number of carbonyl (C=O) groups is 1. The Bertz CT molecular complexity index is 1130. The zero-order valence-corrected chi connectivity index (χ0v) is 17.8. The molecule has 0 saturated heterocycles. The van der Waals surface area contributed by atoms with Crippen LogP contribution in [0.5, 0.6) is 5.75 Å². The van der Waals surface area contributed by atoms with Crippen LogP contribution in [0.4, 0.5) is 5.69 Å². The number of rotatable bonds is 8. The molecule has 160 valence electrons. The molecule has 3 aromatic rings. The molecule has 0 saturated carbocycles. The van der Waals surface area contributed by atoms with E-state index in [9.17, 15) is 13.2 Å². The molecule has 3 aromatic carbocycles. The van der Waals surface area contributed by atoms with Crippen LogP contribution in [0.1, 0.15) is 17.2 Å². The molecule has 1 amide bonds. The molecule has 31 heavy (non-hydrogen) atoms. The lowest BCUT2D eigenvalue weighted by molar-refractivity contribution is -0.128. The molecule has 0 aliphatic carbocycles. The number of hydrogen-bond acceptors (Lipinski definition) is 4. The summed E-state index contributed by atoms with van der Waals surface area (Å²) in [5, 5.41) is 2.74. The standard InChI is InChI=1S/C24H24N2O4S/c27-24(23(20-10-3-1-4-11-20)30-21-12-5-2-6-13-21)25-16-18-31(28,29)26-17-15-19-9-7-8-14-22(19)26/h1-14,23H,15-18H2,(H,25,27). The lowest BCUT2D eigenvalue weighted by Crippen LogP contribution is -2.39. The highest BCUT2D eigenvalue weighted by molar-refractivity contribution is 7.92. The Morgan fingerprint density at radius 2 is 1.58 bits per heavy atom. The van der Waals surface area contributed by atoms with Crippen LogP contribution in [0, 0.1) is 0 Å². The summed E-state index contributed by atoms with van der Waals surface area (Å²) in [6, 6.07) is 25.7. The molecule has 4 rings (SSSR count). The van der Waals surface area contributed by atoms with E-state index in [0.29, 0.717) is 24.3 Å². The highest BCUT2D eigenvalue weighted by Gasteiger charge is 2.29. The minimum absolute atomic E-state index is 0.00131. The molecular formula is C24H24N2O4S. The second-order valence-electron chi connectivity index (χ2n) is 7.28. The predicted molar refractivity (Wildman–Crippen MR) is 121 cm³/mol. The third-order valence-electron chi connectivity index (χ3n) is 5.18. The van der Waals surface area contributed by atoms with Crippen molar-refractivity contribution in [1.82, 2.24) is 5.32 Å². The van der Waals surface area contributed by atoms with E-state index in [1.807, 2.05) is 72.8 Å². The number of ether oxygens (including phenoxy) is 1. The number of sulfonamides is 1. The van der Waals surface area contributed by atoms with Crippen LogP contribution in [0.3, 0.4) is 0 Å². The van der Waals surface area contributed by atoms with E-state index in [0.717, 1.165) is 11.3 Å². The van der Waals surface area contributed by atoms with E-state index in [1.165, 1.54) is 4.31 Å². The second kappa shape index (κ2) is 9.22. The summed E-state index contributed by atoms with van der Waals surface area (Å²) in [5.74, 6) is -0.000196. The van der Waals surface area contributed by atoms with E-state index < -0.39 is 16.1 Å². The van der Waals surface area contributed by atoms with Gasteiger partial charge in [-0.3, -0.25) is 9.10 Å². The molecule has 1 aliphatic heterocycles. The van der Waals surface area contributed by atoms with Crippen molar-refractivity contribution in [2.24, 2.45) is 0 Å². The summed E-state index contributed by atoms with van der Waals surface area (Å²) < 4.78 is 33.1. The lowest BCUT2D eigenvalue weighted by Gasteiger charge is -2.21. The van der Waals surface area contributed by atoms with Crippen LogP contribution in [0.2, 0.25) is 0 Å². The summed E-state index contributed by atoms with van der Waals surface area (Å²) in [6.07, 6.45) is -0.179. The number of para-hydroxylation sites is 2. The fourth-order valence-corrected chi connectivity index (χ4v) is 5.07. The maximum Gasteiger partial charge on any atom is 0.265 e. The van der Waals surface area contributed by atoms with Crippen molar-refractivity contribution in [3.05, 3.63) is 96.1 Å². The lowest BCUT2D eigenvalue weighted by atomic mass is 10.1. The molecular weight excluding hydrogens is 412 g/mol. The van der Waals surface area contributed by atoms with Gasteiger partial charge in [0.15, 0.2) is 0 Å². The predicted octanol–water partition coefficient (Wildman–Crippen LogP) is 3.32. The first kappa shape index (κ1) is 20.9. The normalized spacial score (nSPS) is 14.0. The molecule has 0 aromatic heterocycles. The molecule has 0 radical (unpaired) electrons. The Morgan fingerprint density at radius 3 is 2.32 bits per heavy atom. The molecule has 7 heteroatoms. The van der Waals surface area contributed by atoms with E-state index in [-0.39, 0.29) is 18.2 Å². The summed E-state index contributed by atoms with van der Waals surface area (Å²) in [5.41, 5.74) is 2.44. The molecule has 1 aliphatic rings. The average Bonchev–Trinajstić information content (AvgIpc) is 3.24. The van der Waals surface area contributed by atoms with Gasteiger partial charge in [-0.15, -0.1) is 0 Å². The van der Waals surface area contributed by atoms with E-state index in [2.05, 4.69) is 5.32 Å². The van der Waals surface area contributed by atoms with Crippen molar-refractivity contribution in [2.75, 3.05) is 23.1 Å². The summed E-state index contributed by atoms with van der Waals surface area (Å²) in [7, 11) is -3.54. The Morgan fingerprint density at radius 1 is 0.935 bits per heavy atom. The fraction of sp³-hybridized carbons (Fsp3) is 0.208. The first-order valence-electron chi connectivity index (χ1n) is 10.2. The van der Waals surface area contributed by atoms with E-state index >= 15 is 0 Å². The largest absolute Gasteiger partial charge is 0.476 e. The average molecular weight is 437 g/mol. The highest BCUT2D eigenvalue weighted by Crippen LogP contribution is 2.30. The zero-order valence-electron chi connectivity index (χ0n) is 17.0. The molecule has 0 spiro atoms. The van der Waals surface area contributed by atoms with Gasteiger partial charge in [-0.05, 0) is 30.2 Å². The topological polar surface area (TPSA) is 75.7 Å². The summed E-state index contributed by atoms with van der Waals surface area (Å²) >= 11 is 0. The van der Waals surface area contributed by atoms with Gasteiger partial charge in [-0.25, -0.2) is 8.42 Å². The van der Waals surface area contributed by atoms with Crippen LogP contribution in [-0.2, 0) is 21.2 Å². The number of fused-ring (bicyclic) bond motifs is 1. The van der Waals surface area contributed by atoms with Crippen LogP contribution < -0.4 is 14.4 Å². The van der Waals surface area contributed by atoms with Crippen molar-refractivity contribution in [3.63, 3.8) is 0 Å². The van der Waals surface area contributed by atoms with Crippen LogP contribution in [0.25, 0.3) is 0 Å². The summed E-state index contributed by atoms with van der Waals surface area (Å²) in [4.78, 5) is 12.9. The third kappa shape index (κ3) is 4.88. The number of nitrogens with zero attached hydrogens (tertiary/aromatic N) is 1. The number of anilines is 1. The van der Waals surface area contributed by atoms with Crippen molar-refractivity contribution in [2.45, 2.75) is 12.5 Å². The van der Waals surface area contributed by atoms with Gasteiger partial charge < -0.3 is 10.1 Å². The quantitative estimate of drug-likeness (QED) is 0.588. The van der Waals surface area contributed by atoms with Crippen molar-refractivity contribution in [3.8, 4) is 5.75 Å². The monoisotopic (exact) mass is 436 g/mol. The molecule has 0 bridgehead atoms. The minimum Gasteiger partial charge on any atom is -0.476 e. The van der Waals surface area contributed by atoms with Crippen LogP contribution in [-0.4, -0.2) is 33.2 Å². The Hall–Kier alpha value is -3.32. The van der Waals surface area contributed by atoms with E-state index in [1.54, 1.807) is 12.1 Å². The van der Waals surface area contributed by atoms with Gasteiger partial charge in [0.25, 0.3) is 5.91 Å². The molecule has 1 atom stereocenters. The Labute approximate surface area is 182 Å². The van der Waals surface area contributed by atoms with Crippen molar-refractivity contribution < 1.29 is 17.9 Å². The number of benzene rings is 3. The number of amides is 1. The first-order valence-corrected chi connectivity index (χ1v) is 11.8. The summed E-state index contributed by atoms with van der Waals surface area (Å²) in [6.45, 7) is 0.431. The van der Waals surface area contributed by atoms with E-state index in [4.69, 9.17) is 4.74 Å². The number of hydrogen-bond donors (Lipinski definition) is 1. The minimum atomic E-state index is -3.54. The van der Waals surface area contributed by atoms with Gasteiger partial charge >= 0.3 is 0 Å². The van der Waals surface area contributed by atoms with Crippen LogP contribution in [0.15, 0.2) is 84.9 Å². The van der Waals surface area contributed by atoms with Gasteiger partial charge in [0.2, 0.25) is 16.1 Å². The van der Waals surface area contributed by atoms with Gasteiger partial charge in [0, 0.05) is 18.7 Å². The molecule has 1 unspecified atom stereocenters. The molecule has 1 N–H and O–H groups in total.